The van der Waals surface area contributed by atoms with E-state index in [9.17, 15) is 27.9 Å². The van der Waals surface area contributed by atoms with Crippen LogP contribution >= 0.6 is 0 Å². The zero-order valence-electron chi connectivity index (χ0n) is 15.9. The molecule has 0 fully saturated rings. The molecule has 0 aliphatic heterocycles. The molecule has 0 saturated heterocycles. The average Bonchev–Trinajstić information content (AvgIpc) is 3.12. The maximum absolute atomic E-state index is 14.0. The number of nitrogens with zero attached hydrogens (tertiary/aromatic N) is 2. The Balaban J connectivity index is 2.46. The molecule has 3 rings (SSSR count). The highest BCUT2D eigenvalue weighted by atomic mass is 19.4. The average molecular weight is 422 g/mol. The van der Waals surface area contributed by atoms with E-state index in [1.54, 1.807) is 6.07 Å². The van der Waals surface area contributed by atoms with Crippen molar-refractivity contribution in [2.45, 2.75) is 18.7 Å². The van der Waals surface area contributed by atoms with E-state index in [1.165, 1.54) is 43.5 Å². The number of pyridine rings is 1. The van der Waals surface area contributed by atoms with Crippen LogP contribution in [0.2, 0.25) is 0 Å². The molecule has 0 bridgehead atoms. The standard InChI is InChI=1S/C20H17F3N2O5/c1-3-30-18(27)19(28,20(21,22)23)15-11-13-12(17(26)29-2)7-6-8-14(13)25(15)16-9-4-5-10-24-16/h4-11,28H,3H2,1-2H3. The first-order valence-corrected chi connectivity index (χ1v) is 8.77. The number of ether oxygens (including phenoxy) is 2. The second-order valence-electron chi connectivity index (χ2n) is 6.21. The molecule has 0 amide bonds. The third-order valence-corrected chi connectivity index (χ3v) is 4.48. The molecule has 158 valence electrons. The fourth-order valence-electron chi connectivity index (χ4n) is 3.12. The maximum Gasteiger partial charge on any atom is 0.434 e. The van der Waals surface area contributed by atoms with Crippen LogP contribution in [0.25, 0.3) is 16.7 Å². The van der Waals surface area contributed by atoms with Gasteiger partial charge in [-0.1, -0.05) is 12.1 Å². The van der Waals surface area contributed by atoms with E-state index in [4.69, 9.17) is 4.74 Å². The summed E-state index contributed by atoms with van der Waals surface area (Å²) in [4.78, 5) is 28.5. The van der Waals surface area contributed by atoms with Crippen LogP contribution < -0.4 is 0 Å². The molecular weight excluding hydrogens is 405 g/mol. The summed E-state index contributed by atoms with van der Waals surface area (Å²) in [6, 6.07) is 9.62. The van der Waals surface area contributed by atoms with Crippen LogP contribution in [0.4, 0.5) is 13.2 Å². The molecule has 0 saturated carbocycles. The van der Waals surface area contributed by atoms with Crippen molar-refractivity contribution >= 4 is 22.8 Å². The Hall–Kier alpha value is -3.40. The number of fused-ring (bicyclic) bond motifs is 1. The van der Waals surface area contributed by atoms with Crippen LogP contribution in [-0.4, -0.2) is 46.5 Å². The molecule has 2 aromatic heterocycles. The number of halogens is 3. The molecule has 1 unspecified atom stereocenters. The molecule has 3 aromatic rings. The van der Waals surface area contributed by atoms with Crippen LogP contribution in [0.15, 0.2) is 48.7 Å². The highest BCUT2D eigenvalue weighted by molar-refractivity contribution is 6.05. The number of esters is 2. The Bertz CT molecular complexity index is 1100. The lowest BCUT2D eigenvalue weighted by Gasteiger charge is -2.29. The molecule has 0 aliphatic rings. The third kappa shape index (κ3) is 3.28. The molecule has 0 radical (unpaired) electrons. The summed E-state index contributed by atoms with van der Waals surface area (Å²) in [5, 5.41) is 10.7. The van der Waals surface area contributed by atoms with Gasteiger partial charge in [-0.2, -0.15) is 13.2 Å². The fraction of sp³-hybridized carbons (Fsp3) is 0.250. The molecule has 0 aliphatic carbocycles. The minimum absolute atomic E-state index is 0.00325. The van der Waals surface area contributed by atoms with E-state index in [-0.39, 0.29) is 28.9 Å². The minimum atomic E-state index is -5.43. The van der Waals surface area contributed by atoms with Gasteiger partial charge in [0.1, 0.15) is 5.82 Å². The number of aliphatic hydroxyl groups is 1. The van der Waals surface area contributed by atoms with Gasteiger partial charge in [-0.25, -0.2) is 14.6 Å². The van der Waals surface area contributed by atoms with Gasteiger partial charge < -0.3 is 14.6 Å². The summed E-state index contributed by atoms with van der Waals surface area (Å²) in [6.45, 7) is 0.937. The van der Waals surface area contributed by atoms with Crippen molar-refractivity contribution in [1.29, 1.82) is 0 Å². The summed E-state index contributed by atoms with van der Waals surface area (Å²) >= 11 is 0. The summed E-state index contributed by atoms with van der Waals surface area (Å²) in [5.74, 6) is -2.69. The van der Waals surface area contributed by atoms with Gasteiger partial charge in [-0.3, -0.25) is 4.57 Å². The van der Waals surface area contributed by atoms with Crippen molar-refractivity contribution in [2.24, 2.45) is 0 Å². The Labute approximate surface area is 168 Å². The zero-order chi connectivity index (χ0) is 22.1. The number of alkyl halides is 3. The van der Waals surface area contributed by atoms with Gasteiger partial charge in [0.05, 0.1) is 30.5 Å². The van der Waals surface area contributed by atoms with Gasteiger partial charge in [0, 0.05) is 11.6 Å². The second-order valence-corrected chi connectivity index (χ2v) is 6.21. The number of aromatic nitrogens is 2. The fourth-order valence-corrected chi connectivity index (χ4v) is 3.12. The first-order valence-electron chi connectivity index (χ1n) is 8.77. The maximum atomic E-state index is 14.0. The van der Waals surface area contributed by atoms with Gasteiger partial charge in [-0.15, -0.1) is 0 Å². The van der Waals surface area contributed by atoms with Crippen LogP contribution in [-0.2, 0) is 19.9 Å². The van der Waals surface area contributed by atoms with Crippen LogP contribution in [0.5, 0.6) is 0 Å². The van der Waals surface area contributed by atoms with Crippen molar-refractivity contribution in [3.63, 3.8) is 0 Å². The molecule has 10 heteroatoms. The topological polar surface area (TPSA) is 90.6 Å². The minimum Gasteiger partial charge on any atom is -0.465 e. The number of hydrogen-bond acceptors (Lipinski definition) is 6. The molecule has 1 N–H and O–H groups in total. The van der Waals surface area contributed by atoms with Crippen molar-refractivity contribution in [3.05, 3.63) is 59.9 Å². The highest BCUT2D eigenvalue weighted by Gasteiger charge is 2.64. The predicted molar refractivity (Wildman–Crippen MR) is 99.0 cm³/mol. The van der Waals surface area contributed by atoms with Gasteiger partial charge in [-0.05, 0) is 37.3 Å². The quantitative estimate of drug-likeness (QED) is 0.636. The molecule has 2 heterocycles. The molecule has 7 nitrogen and oxygen atoms in total. The zero-order valence-corrected chi connectivity index (χ0v) is 15.9. The van der Waals surface area contributed by atoms with Crippen LogP contribution in [0.1, 0.15) is 23.0 Å². The number of carbonyl (C=O) groups is 2. The summed E-state index contributed by atoms with van der Waals surface area (Å²) < 4.78 is 52.3. The lowest BCUT2D eigenvalue weighted by atomic mass is 9.98. The number of rotatable bonds is 5. The first kappa shape index (κ1) is 21.3. The predicted octanol–water partition coefficient (Wildman–Crippen LogP) is 3.13. The number of benzene rings is 1. The van der Waals surface area contributed by atoms with Gasteiger partial charge in [0.2, 0.25) is 0 Å². The Morgan fingerprint density at radius 1 is 1.17 bits per heavy atom. The smallest absolute Gasteiger partial charge is 0.434 e. The van der Waals surface area contributed by atoms with Crippen molar-refractivity contribution in [3.8, 4) is 5.82 Å². The van der Waals surface area contributed by atoms with E-state index in [0.717, 1.165) is 17.7 Å². The molecule has 0 spiro atoms. The first-order chi connectivity index (χ1) is 14.2. The molecule has 30 heavy (non-hydrogen) atoms. The Morgan fingerprint density at radius 2 is 1.90 bits per heavy atom. The third-order valence-electron chi connectivity index (χ3n) is 4.48. The monoisotopic (exact) mass is 422 g/mol. The number of carbonyl (C=O) groups excluding carboxylic acids is 2. The molecule has 1 atom stereocenters. The second kappa shape index (κ2) is 7.79. The number of hydrogen-bond donors (Lipinski definition) is 1. The van der Waals surface area contributed by atoms with E-state index in [0.29, 0.717) is 0 Å². The Kier molecular flexibility index (Phi) is 5.53. The van der Waals surface area contributed by atoms with Gasteiger partial charge in [0.15, 0.2) is 0 Å². The Morgan fingerprint density at radius 3 is 2.47 bits per heavy atom. The van der Waals surface area contributed by atoms with E-state index < -0.39 is 29.4 Å². The molecular formula is C20H17F3N2O5. The van der Waals surface area contributed by atoms with Crippen molar-refractivity contribution < 1.29 is 37.3 Å². The van der Waals surface area contributed by atoms with E-state index in [2.05, 4.69) is 9.72 Å². The highest BCUT2D eigenvalue weighted by Crippen LogP contribution is 2.43. The van der Waals surface area contributed by atoms with Crippen LogP contribution in [0.3, 0.4) is 0 Å². The SMILES string of the molecule is CCOC(=O)C(O)(c1cc2c(C(=O)OC)cccc2n1-c1ccccn1)C(F)(F)F. The van der Waals surface area contributed by atoms with Gasteiger partial charge >= 0.3 is 18.1 Å². The largest absolute Gasteiger partial charge is 0.465 e. The van der Waals surface area contributed by atoms with Gasteiger partial charge in [0.25, 0.3) is 5.60 Å². The summed E-state index contributed by atoms with van der Waals surface area (Å²) in [7, 11) is 1.13. The van der Waals surface area contributed by atoms with Crippen molar-refractivity contribution in [1.82, 2.24) is 9.55 Å². The molecule has 1 aromatic carbocycles. The summed E-state index contributed by atoms with van der Waals surface area (Å²) in [5.41, 5.74) is -4.80. The van der Waals surface area contributed by atoms with Crippen LogP contribution in [0, 0.1) is 0 Å². The lowest BCUT2D eigenvalue weighted by Crippen LogP contribution is -2.51. The summed E-state index contributed by atoms with van der Waals surface area (Å²) in [6.07, 6.45) is -4.09. The lowest BCUT2D eigenvalue weighted by molar-refractivity contribution is -0.269. The van der Waals surface area contributed by atoms with E-state index >= 15 is 0 Å². The van der Waals surface area contributed by atoms with E-state index in [1.807, 2.05) is 0 Å². The number of methoxy groups -OCH3 is 1. The normalized spacial score (nSPS) is 13.7. The van der Waals surface area contributed by atoms with Crippen molar-refractivity contribution in [2.75, 3.05) is 13.7 Å².